The molecule has 36 heavy (non-hydrogen) atoms. The standard InChI is InChI=1S/C26H28N4O4S2/c1-26(2)11-18-16(12-34-26)10-17-22-23(36-24(17)30-18)25(29-14-28-22)35-13-21(31)27-8-7-15-5-6-19(32-3)20(9-15)33-4/h5-6,9-10,14H,7-8,11-13H2,1-4H3,(H,27,31). The average molecular weight is 525 g/mol. The molecule has 0 saturated heterocycles. The highest BCUT2D eigenvalue weighted by Gasteiger charge is 2.28. The van der Waals surface area contributed by atoms with Crippen LogP contribution in [0.2, 0.25) is 0 Å². The largest absolute Gasteiger partial charge is 0.493 e. The third kappa shape index (κ3) is 5.11. The van der Waals surface area contributed by atoms with Crippen LogP contribution in [-0.4, -0.2) is 53.0 Å². The summed E-state index contributed by atoms with van der Waals surface area (Å²) < 4.78 is 17.6. The summed E-state index contributed by atoms with van der Waals surface area (Å²) in [7, 11) is 3.22. The van der Waals surface area contributed by atoms with Crippen LogP contribution in [0.4, 0.5) is 0 Å². The molecule has 0 aliphatic carbocycles. The molecule has 0 unspecified atom stereocenters. The number of carbonyl (C=O) groups is 1. The number of pyridine rings is 1. The predicted molar refractivity (Wildman–Crippen MR) is 142 cm³/mol. The lowest BCUT2D eigenvalue weighted by Gasteiger charge is -2.30. The molecule has 3 aromatic heterocycles. The van der Waals surface area contributed by atoms with Crippen LogP contribution in [-0.2, 0) is 29.0 Å². The summed E-state index contributed by atoms with van der Waals surface area (Å²) >= 11 is 3.00. The van der Waals surface area contributed by atoms with Crippen molar-refractivity contribution < 1.29 is 19.0 Å². The molecule has 0 radical (unpaired) electrons. The zero-order chi connectivity index (χ0) is 25.3. The van der Waals surface area contributed by atoms with Crippen molar-refractivity contribution in [2.75, 3.05) is 26.5 Å². The van der Waals surface area contributed by atoms with Gasteiger partial charge in [0.1, 0.15) is 16.2 Å². The summed E-state index contributed by atoms with van der Waals surface area (Å²) in [5, 5.41) is 4.80. The van der Waals surface area contributed by atoms with Gasteiger partial charge in [-0.05, 0) is 44.0 Å². The molecule has 4 aromatic rings. The number of nitrogens with one attached hydrogen (secondary N) is 1. The molecule has 4 heterocycles. The number of thioether (sulfide) groups is 1. The molecule has 1 N–H and O–H groups in total. The first-order valence-electron chi connectivity index (χ1n) is 11.7. The van der Waals surface area contributed by atoms with E-state index in [1.165, 1.54) is 11.8 Å². The van der Waals surface area contributed by atoms with Gasteiger partial charge in [0.2, 0.25) is 5.91 Å². The molecule has 1 aliphatic rings. The molecule has 1 amide bonds. The Morgan fingerprint density at radius 1 is 1.19 bits per heavy atom. The van der Waals surface area contributed by atoms with E-state index in [0.717, 1.165) is 48.7 Å². The molecule has 0 atom stereocenters. The van der Waals surface area contributed by atoms with Crippen LogP contribution < -0.4 is 14.8 Å². The van der Waals surface area contributed by atoms with Gasteiger partial charge in [0.25, 0.3) is 0 Å². The third-order valence-corrected chi connectivity index (χ3v) is 8.33. The summed E-state index contributed by atoms with van der Waals surface area (Å²) in [6.45, 7) is 5.27. The molecular weight excluding hydrogens is 496 g/mol. The monoisotopic (exact) mass is 524 g/mol. The molecule has 10 heteroatoms. The summed E-state index contributed by atoms with van der Waals surface area (Å²) in [5.41, 5.74) is 3.93. The Labute approximate surface area is 217 Å². The van der Waals surface area contributed by atoms with E-state index in [-0.39, 0.29) is 17.3 Å². The highest BCUT2D eigenvalue weighted by Crippen LogP contribution is 2.39. The summed E-state index contributed by atoms with van der Waals surface area (Å²) in [6, 6.07) is 7.92. The van der Waals surface area contributed by atoms with Gasteiger partial charge in [-0.3, -0.25) is 4.79 Å². The van der Waals surface area contributed by atoms with E-state index < -0.39 is 0 Å². The normalized spacial score (nSPS) is 14.6. The number of ether oxygens (including phenoxy) is 3. The second kappa shape index (κ2) is 10.2. The van der Waals surface area contributed by atoms with Crippen LogP contribution in [0.15, 0.2) is 35.6 Å². The Hall–Kier alpha value is -2.95. The van der Waals surface area contributed by atoms with Crippen molar-refractivity contribution in [1.29, 1.82) is 0 Å². The van der Waals surface area contributed by atoms with Crippen molar-refractivity contribution >= 4 is 49.4 Å². The second-order valence-electron chi connectivity index (χ2n) is 9.21. The molecule has 188 valence electrons. The maximum absolute atomic E-state index is 12.5. The number of thiophene rings is 1. The molecule has 8 nitrogen and oxygen atoms in total. The summed E-state index contributed by atoms with van der Waals surface area (Å²) in [5.74, 6) is 1.60. The number of amides is 1. The summed E-state index contributed by atoms with van der Waals surface area (Å²) in [6.07, 6.45) is 3.04. The first kappa shape index (κ1) is 24.7. The number of rotatable bonds is 8. The first-order valence-corrected chi connectivity index (χ1v) is 13.5. The van der Waals surface area contributed by atoms with Crippen LogP contribution in [0.1, 0.15) is 30.7 Å². The van der Waals surface area contributed by atoms with Crippen molar-refractivity contribution in [3.8, 4) is 11.5 Å². The maximum atomic E-state index is 12.5. The van der Waals surface area contributed by atoms with Gasteiger partial charge < -0.3 is 19.5 Å². The van der Waals surface area contributed by atoms with E-state index in [9.17, 15) is 4.79 Å². The minimum absolute atomic E-state index is 0.0404. The lowest BCUT2D eigenvalue weighted by Crippen LogP contribution is -2.32. The first-order chi connectivity index (χ1) is 17.4. The quantitative estimate of drug-likeness (QED) is 0.265. The van der Waals surface area contributed by atoms with Crippen LogP contribution in [0.5, 0.6) is 11.5 Å². The number of fused-ring (bicyclic) bond motifs is 4. The van der Waals surface area contributed by atoms with Gasteiger partial charge in [0, 0.05) is 23.9 Å². The minimum Gasteiger partial charge on any atom is -0.493 e. The van der Waals surface area contributed by atoms with E-state index in [0.29, 0.717) is 31.1 Å². The molecule has 1 aliphatic heterocycles. The Morgan fingerprint density at radius 2 is 2.03 bits per heavy atom. The number of carbonyl (C=O) groups excluding carboxylic acids is 1. The van der Waals surface area contributed by atoms with Gasteiger partial charge >= 0.3 is 0 Å². The zero-order valence-corrected chi connectivity index (χ0v) is 22.3. The molecule has 1 aromatic carbocycles. The number of hydrogen-bond donors (Lipinski definition) is 1. The number of benzene rings is 1. The highest BCUT2D eigenvalue weighted by molar-refractivity contribution is 8.00. The lowest BCUT2D eigenvalue weighted by atomic mass is 9.95. The summed E-state index contributed by atoms with van der Waals surface area (Å²) in [4.78, 5) is 27.4. The second-order valence-corrected chi connectivity index (χ2v) is 11.2. The van der Waals surface area contributed by atoms with Crippen molar-refractivity contribution in [1.82, 2.24) is 20.3 Å². The van der Waals surface area contributed by atoms with E-state index in [1.54, 1.807) is 31.9 Å². The fourth-order valence-corrected chi connectivity index (χ4v) is 6.27. The van der Waals surface area contributed by atoms with Crippen molar-refractivity contribution in [3.63, 3.8) is 0 Å². The molecule has 0 saturated carbocycles. The number of methoxy groups -OCH3 is 2. The van der Waals surface area contributed by atoms with Crippen LogP contribution in [0.3, 0.4) is 0 Å². The smallest absolute Gasteiger partial charge is 0.230 e. The third-order valence-electron chi connectivity index (χ3n) is 6.12. The highest BCUT2D eigenvalue weighted by atomic mass is 32.2. The molecular formula is C26H28N4O4S2. The Balaban J connectivity index is 1.24. The lowest BCUT2D eigenvalue weighted by molar-refractivity contribution is -0.118. The van der Waals surface area contributed by atoms with Gasteiger partial charge in [-0.1, -0.05) is 17.8 Å². The van der Waals surface area contributed by atoms with Gasteiger partial charge in [0.05, 0.1) is 48.1 Å². The van der Waals surface area contributed by atoms with Crippen LogP contribution >= 0.6 is 23.1 Å². The Morgan fingerprint density at radius 3 is 2.83 bits per heavy atom. The van der Waals surface area contributed by atoms with E-state index >= 15 is 0 Å². The molecule has 0 fully saturated rings. The van der Waals surface area contributed by atoms with Crippen molar-refractivity contribution in [3.05, 3.63) is 47.4 Å². The van der Waals surface area contributed by atoms with Gasteiger partial charge in [-0.25, -0.2) is 15.0 Å². The Kier molecular flexibility index (Phi) is 7.00. The SMILES string of the molecule is COc1ccc(CCNC(=O)CSc2ncnc3c2sc2nc4c(cc23)COC(C)(C)C4)cc1OC. The topological polar surface area (TPSA) is 95.5 Å². The van der Waals surface area contributed by atoms with E-state index in [4.69, 9.17) is 19.2 Å². The van der Waals surface area contributed by atoms with Crippen LogP contribution in [0, 0.1) is 0 Å². The van der Waals surface area contributed by atoms with E-state index in [2.05, 4.69) is 35.2 Å². The van der Waals surface area contributed by atoms with Gasteiger partial charge in [-0.2, -0.15) is 0 Å². The maximum Gasteiger partial charge on any atom is 0.230 e. The fraction of sp³-hybridized carbons (Fsp3) is 0.385. The molecule has 5 rings (SSSR count). The average Bonchev–Trinajstić information content (AvgIpc) is 3.23. The van der Waals surface area contributed by atoms with Gasteiger partial charge in [-0.15, -0.1) is 11.3 Å². The van der Waals surface area contributed by atoms with Gasteiger partial charge in [0.15, 0.2) is 11.5 Å². The number of nitrogens with zero attached hydrogens (tertiary/aromatic N) is 3. The zero-order valence-electron chi connectivity index (χ0n) is 20.7. The minimum atomic E-state index is -0.210. The number of aromatic nitrogens is 3. The van der Waals surface area contributed by atoms with Crippen LogP contribution in [0.25, 0.3) is 20.4 Å². The van der Waals surface area contributed by atoms with E-state index in [1.807, 2.05) is 18.2 Å². The van der Waals surface area contributed by atoms with Crippen molar-refractivity contribution in [2.45, 2.75) is 43.9 Å². The molecule has 0 bridgehead atoms. The predicted octanol–water partition coefficient (Wildman–Crippen LogP) is 4.56. The number of hydrogen-bond acceptors (Lipinski definition) is 9. The molecule has 0 spiro atoms. The van der Waals surface area contributed by atoms with Crippen molar-refractivity contribution in [2.24, 2.45) is 0 Å². The fourth-order valence-electron chi connectivity index (χ4n) is 4.24. The Bertz CT molecular complexity index is 1440.